The van der Waals surface area contributed by atoms with Gasteiger partial charge in [-0.15, -0.1) is 11.3 Å². The van der Waals surface area contributed by atoms with Crippen LogP contribution in [0, 0.1) is 12.7 Å². The summed E-state index contributed by atoms with van der Waals surface area (Å²) in [5.74, 6) is -0.201. The highest BCUT2D eigenvalue weighted by molar-refractivity contribution is 7.11. The Morgan fingerprint density at radius 2 is 2.06 bits per heavy atom. The highest BCUT2D eigenvalue weighted by atomic mass is 32.1. The molecule has 0 saturated carbocycles. The van der Waals surface area contributed by atoms with Gasteiger partial charge in [-0.3, -0.25) is 0 Å². The van der Waals surface area contributed by atoms with Gasteiger partial charge in [0.25, 0.3) is 0 Å². The number of hydrogen-bond donors (Lipinski definition) is 2. The van der Waals surface area contributed by atoms with Gasteiger partial charge in [-0.1, -0.05) is 0 Å². The topological polar surface area (TPSA) is 32.3 Å². The SMILES string of the molecule is Cc1ccc(CNCc2cc(F)ccc2O)s1. The van der Waals surface area contributed by atoms with E-state index in [4.69, 9.17) is 0 Å². The lowest BCUT2D eigenvalue weighted by Gasteiger charge is -2.05. The lowest BCUT2D eigenvalue weighted by atomic mass is 10.2. The molecule has 2 rings (SSSR count). The van der Waals surface area contributed by atoms with Crippen molar-refractivity contribution in [3.63, 3.8) is 0 Å². The van der Waals surface area contributed by atoms with Crippen molar-refractivity contribution in [1.29, 1.82) is 0 Å². The number of aryl methyl sites for hydroxylation is 1. The summed E-state index contributed by atoms with van der Waals surface area (Å²) in [5, 5.41) is 12.7. The molecular formula is C13H14FNOS. The Balaban J connectivity index is 1.91. The average Bonchev–Trinajstić information content (AvgIpc) is 2.69. The number of hydrogen-bond acceptors (Lipinski definition) is 3. The molecular weight excluding hydrogens is 237 g/mol. The van der Waals surface area contributed by atoms with Crippen LogP contribution in [0.4, 0.5) is 4.39 Å². The first-order valence-electron chi connectivity index (χ1n) is 5.38. The van der Waals surface area contributed by atoms with Crippen molar-refractivity contribution in [3.05, 3.63) is 51.5 Å². The zero-order valence-corrected chi connectivity index (χ0v) is 10.4. The smallest absolute Gasteiger partial charge is 0.123 e. The van der Waals surface area contributed by atoms with Crippen LogP contribution in [0.5, 0.6) is 5.75 Å². The van der Waals surface area contributed by atoms with Crippen molar-refractivity contribution < 1.29 is 9.50 Å². The van der Waals surface area contributed by atoms with E-state index in [-0.39, 0.29) is 11.6 Å². The predicted molar refractivity (Wildman–Crippen MR) is 67.7 cm³/mol. The van der Waals surface area contributed by atoms with Crippen LogP contribution in [0.25, 0.3) is 0 Å². The number of benzene rings is 1. The highest BCUT2D eigenvalue weighted by Crippen LogP contribution is 2.18. The molecule has 0 saturated heterocycles. The number of phenols is 1. The Kier molecular flexibility index (Phi) is 3.76. The number of halogens is 1. The van der Waals surface area contributed by atoms with E-state index in [9.17, 15) is 9.50 Å². The van der Waals surface area contributed by atoms with Gasteiger partial charge in [0.1, 0.15) is 11.6 Å². The third-order valence-corrected chi connectivity index (χ3v) is 3.45. The molecule has 2 N–H and O–H groups in total. The molecule has 0 aliphatic heterocycles. The quantitative estimate of drug-likeness (QED) is 0.874. The summed E-state index contributed by atoms with van der Waals surface area (Å²) in [6.07, 6.45) is 0. The molecule has 0 spiro atoms. The maximum atomic E-state index is 13.0. The van der Waals surface area contributed by atoms with Gasteiger partial charge in [0.05, 0.1) is 0 Å². The molecule has 1 aromatic carbocycles. The minimum absolute atomic E-state index is 0.126. The molecule has 0 radical (unpaired) electrons. The second-order valence-corrected chi connectivity index (χ2v) is 5.26. The lowest BCUT2D eigenvalue weighted by Crippen LogP contribution is -2.11. The van der Waals surface area contributed by atoms with Crippen molar-refractivity contribution in [2.45, 2.75) is 20.0 Å². The Morgan fingerprint density at radius 1 is 1.24 bits per heavy atom. The molecule has 90 valence electrons. The number of thiophene rings is 1. The van der Waals surface area contributed by atoms with Crippen LogP contribution in [-0.2, 0) is 13.1 Å². The number of aromatic hydroxyl groups is 1. The van der Waals surface area contributed by atoms with Crippen LogP contribution in [0.15, 0.2) is 30.3 Å². The average molecular weight is 251 g/mol. The molecule has 0 unspecified atom stereocenters. The van der Waals surface area contributed by atoms with Gasteiger partial charge in [-0.25, -0.2) is 4.39 Å². The van der Waals surface area contributed by atoms with E-state index in [0.717, 1.165) is 6.54 Å². The fourth-order valence-electron chi connectivity index (χ4n) is 1.60. The van der Waals surface area contributed by atoms with Crippen LogP contribution >= 0.6 is 11.3 Å². The first-order valence-corrected chi connectivity index (χ1v) is 6.20. The van der Waals surface area contributed by atoms with Gasteiger partial charge < -0.3 is 10.4 Å². The zero-order chi connectivity index (χ0) is 12.3. The summed E-state index contributed by atoms with van der Waals surface area (Å²) < 4.78 is 13.0. The summed E-state index contributed by atoms with van der Waals surface area (Å²) in [4.78, 5) is 2.51. The minimum atomic E-state index is -0.327. The van der Waals surface area contributed by atoms with Crippen molar-refractivity contribution >= 4 is 11.3 Å². The molecule has 0 aliphatic carbocycles. The Morgan fingerprint density at radius 3 is 2.76 bits per heavy atom. The van der Waals surface area contributed by atoms with Gasteiger partial charge in [0, 0.05) is 28.4 Å². The van der Waals surface area contributed by atoms with Crippen LogP contribution in [0.3, 0.4) is 0 Å². The first-order chi connectivity index (χ1) is 8.15. The van der Waals surface area contributed by atoms with Crippen LogP contribution < -0.4 is 5.32 Å². The van der Waals surface area contributed by atoms with E-state index in [1.165, 1.54) is 28.0 Å². The van der Waals surface area contributed by atoms with E-state index < -0.39 is 0 Å². The molecule has 1 aromatic heterocycles. The number of phenolic OH excluding ortho intramolecular Hbond substituents is 1. The fourth-order valence-corrected chi connectivity index (χ4v) is 2.46. The maximum absolute atomic E-state index is 13.0. The maximum Gasteiger partial charge on any atom is 0.123 e. The van der Waals surface area contributed by atoms with Crippen LogP contribution in [0.2, 0.25) is 0 Å². The number of rotatable bonds is 4. The van der Waals surface area contributed by atoms with Crippen molar-refractivity contribution in [2.75, 3.05) is 0 Å². The van der Waals surface area contributed by atoms with Gasteiger partial charge in [-0.2, -0.15) is 0 Å². The standard InChI is InChI=1S/C13H14FNOS/c1-9-2-4-12(17-9)8-15-7-10-6-11(14)3-5-13(10)16/h2-6,15-16H,7-8H2,1H3. The van der Waals surface area contributed by atoms with Crippen LogP contribution in [0.1, 0.15) is 15.3 Å². The summed E-state index contributed by atoms with van der Waals surface area (Å²) in [5.41, 5.74) is 0.582. The fraction of sp³-hybridized carbons (Fsp3) is 0.231. The molecule has 2 aromatic rings. The second-order valence-electron chi connectivity index (χ2n) is 3.89. The van der Waals surface area contributed by atoms with Gasteiger partial charge in [-0.05, 0) is 37.3 Å². The third kappa shape index (κ3) is 3.28. The Labute approximate surface area is 104 Å². The highest BCUT2D eigenvalue weighted by Gasteiger charge is 2.03. The third-order valence-electron chi connectivity index (χ3n) is 2.45. The van der Waals surface area contributed by atoms with Crippen molar-refractivity contribution in [2.24, 2.45) is 0 Å². The van der Waals surface area contributed by atoms with E-state index in [2.05, 4.69) is 24.4 Å². The van der Waals surface area contributed by atoms with Crippen molar-refractivity contribution in [1.82, 2.24) is 5.32 Å². The molecule has 0 aliphatic rings. The van der Waals surface area contributed by atoms with E-state index in [1.807, 2.05) is 0 Å². The first kappa shape index (κ1) is 12.1. The van der Waals surface area contributed by atoms with E-state index in [1.54, 1.807) is 11.3 Å². The van der Waals surface area contributed by atoms with E-state index in [0.29, 0.717) is 12.1 Å². The molecule has 4 heteroatoms. The minimum Gasteiger partial charge on any atom is -0.508 e. The van der Waals surface area contributed by atoms with Gasteiger partial charge in [0.2, 0.25) is 0 Å². The monoisotopic (exact) mass is 251 g/mol. The molecule has 0 amide bonds. The normalized spacial score (nSPS) is 10.7. The molecule has 0 bridgehead atoms. The molecule has 0 fully saturated rings. The Bertz CT molecular complexity index is 510. The number of nitrogens with one attached hydrogen (secondary N) is 1. The summed E-state index contributed by atoms with van der Waals surface area (Å²) >= 11 is 1.73. The zero-order valence-electron chi connectivity index (χ0n) is 9.53. The second kappa shape index (κ2) is 5.29. The van der Waals surface area contributed by atoms with Crippen LogP contribution in [-0.4, -0.2) is 5.11 Å². The van der Waals surface area contributed by atoms with Gasteiger partial charge in [0.15, 0.2) is 0 Å². The molecule has 2 nitrogen and oxygen atoms in total. The summed E-state index contributed by atoms with van der Waals surface area (Å²) in [7, 11) is 0. The molecule has 1 heterocycles. The Hall–Kier alpha value is -1.39. The van der Waals surface area contributed by atoms with E-state index >= 15 is 0 Å². The summed E-state index contributed by atoms with van der Waals surface area (Å²) in [6, 6.07) is 8.12. The predicted octanol–water partition coefficient (Wildman–Crippen LogP) is 3.19. The van der Waals surface area contributed by atoms with Gasteiger partial charge >= 0.3 is 0 Å². The lowest BCUT2D eigenvalue weighted by molar-refractivity contribution is 0.461. The molecule has 17 heavy (non-hydrogen) atoms. The van der Waals surface area contributed by atoms with Crippen molar-refractivity contribution in [3.8, 4) is 5.75 Å². The molecule has 0 atom stereocenters. The largest absolute Gasteiger partial charge is 0.508 e. The summed E-state index contributed by atoms with van der Waals surface area (Å²) in [6.45, 7) is 3.25.